The second-order valence-corrected chi connectivity index (χ2v) is 11.8. The van der Waals surface area contributed by atoms with E-state index in [1.807, 2.05) is 13.8 Å². The number of aliphatic hydroxyl groups is 1. The molecular formula is C26H40N2O5S. The number of hydrogen-bond donors (Lipinski definition) is 1. The molecule has 2 unspecified atom stereocenters. The lowest BCUT2D eigenvalue weighted by Crippen LogP contribution is -2.57. The monoisotopic (exact) mass is 492 g/mol. The van der Waals surface area contributed by atoms with Crippen molar-refractivity contribution < 1.29 is 24.2 Å². The van der Waals surface area contributed by atoms with E-state index in [1.165, 1.54) is 6.08 Å². The average molecular weight is 493 g/mol. The standard InChI is InChI=1S/C26H40N2O5S/c1-6-10-11-15-27(14-7-2)23(31)21-26-13-12-25(5,34-26)20(24(32)33-16-8-3)19(26)22(30)28(21)18(9-4)17-29/h7-8,18-21,29H,2-3,6,9-17H2,1,4-5H3/t18-,19-,20+,21?,25-,26?/m0/s1. The molecule has 1 spiro atoms. The van der Waals surface area contributed by atoms with Crippen molar-refractivity contribution in [3.63, 3.8) is 0 Å². The lowest BCUT2D eigenvalue weighted by molar-refractivity contribution is -0.155. The van der Waals surface area contributed by atoms with Gasteiger partial charge in [0.1, 0.15) is 12.6 Å². The number of likely N-dealkylation sites (tertiary alicyclic amines) is 1. The quantitative estimate of drug-likeness (QED) is 0.241. The second kappa shape index (κ2) is 10.9. The molecule has 3 saturated heterocycles. The van der Waals surface area contributed by atoms with Crippen LogP contribution in [0.2, 0.25) is 0 Å². The van der Waals surface area contributed by atoms with Gasteiger partial charge in [-0.2, -0.15) is 0 Å². The minimum absolute atomic E-state index is 0.0921. The number of amides is 2. The number of nitrogens with zero attached hydrogens (tertiary/aromatic N) is 2. The summed E-state index contributed by atoms with van der Waals surface area (Å²) in [5.41, 5.74) is 0. The van der Waals surface area contributed by atoms with Crippen molar-refractivity contribution >= 4 is 29.5 Å². The number of hydrogen-bond acceptors (Lipinski definition) is 6. The topological polar surface area (TPSA) is 87.1 Å². The van der Waals surface area contributed by atoms with Crippen LogP contribution in [0.25, 0.3) is 0 Å². The van der Waals surface area contributed by atoms with Crippen LogP contribution >= 0.6 is 11.8 Å². The van der Waals surface area contributed by atoms with Crippen LogP contribution in [0.15, 0.2) is 25.3 Å². The Bertz CT molecular complexity index is 815. The molecule has 3 fully saturated rings. The Morgan fingerprint density at radius 2 is 2.03 bits per heavy atom. The first-order valence-corrected chi connectivity index (χ1v) is 13.4. The number of ether oxygens (including phenoxy) is 1. The number of unbranched alkanes of at least 4 members (excludes halogenated alkanes) is 2. The summed E-state index contributed by atoms with van der Waals surface area (Å²) < 4.78 is 4.28. The van der Waals surface area contributed by atoms with Gasteiger partial charge < -0.3 is 19.6 Å². The summed E-state index contributed by atoms with van der Waals surface area (Å²) in [5.74, 6) is -1.96. The number of fused-ring (bicyclic) bond motifs is 1. The Balaban J connectivity index is 2.05. The lowest BCUT2D eigenvalue weighted by Gasteiger charge is -2.39. The molecule has 6 atom stereocenters. The van der Waals surface area contributed by atoms with E-state index in [4.69, 9.17) is 4.74 Å². The van der Waals surface area contributed by atoms with Gasteiger partial charge in [-0.1, -0.05) is 45.4 Å². The molecule has 8 heteroatoms. The zero-order valence-electron chi connectivity index (χ0n) is 20.8. The Labute approximate surface area is 208 Å². The van der Waals surface area contributed by atoms with E-state index in [2.05, 4.69) is 20.1 Å². The fourth-order valence-corrected chi connectivity index (χ4v) is 8.54. The van der Waals surface area contributed by atoms with Crippen molar-refractivity contribution in [2.45, 2.75) is 80.9 Å². The molecular weight excluding hydrogens is 452 g/mol. The van der Waals surface area contributed by atoms with Gasteiger partial charge in [0.25, 0.3) is 0 Å². The van der Waals surface area contributed by atoms with Crippen LogP contribution in [0.5, 0.6) is 0 Å². The molecule has 0 aromatic rings. The molecule has 0 aromatic heterocycles. The SMILES string of the molecule is C=CCOC(=O)[C@H]1[C@H]2C(=O)N([C@@H](CC)CO)C(C(=O)N(CC=C)CCCCC)C23CC[C@]1(C)S3. The van der Waals surface area contributed by atoms with E-state index in [0.717, 1.165) is 25.7 Å². The first-order chi connectivity index (χ1) is 16.3. The highest BCUT2D eigenvalue weighted by Gasteiger charge is 2.78. The number of carbonyl (C=O) groups excluding carboxylic acids is 3. The van der Waals surface area contributed by atoms with Crippen LogP contribution < -0.4 is 0 Å². The summed E-state index contributed by atoms with van der Waals surface area (Å²) in [6.45, 7) is 14.4. The highest BCUT2D eigenvalue weighted by molar-refractivity contribution is 8.02. The van der Waals surface area contributed by atoms with E-state index in [9.17, 15) is 19.5 Å². The number of rotatable bonds is 13. The molecule has 34 heavy (non-hydrogen) atoms. The molecule has 190 valence electrons. The maximum Gasteiger partial charge on any atom is 0.311 e. The van der Waals surface area contributed by atoms with Crippen LogP contribution in [0.1, 0.15) is 59.3 Å². The number of aliphatic hydroxyl groups excluding tert-OH is 1. The minimum atomic E-state index is -0.715. The fourth-order valence-electron chi connectivity index (χ4n) is 6.21. The van der Waals surface area contributed by atoms with Gasteiger partial charge in [0.15, 0.2) is 0 Å². The van der Waals surface area contributed by atoms with Crippen molar-refractivity contribution in [2.24, 2.45) is 11.8 Å². The van der Waals surface area contributed by atoms with Crippen LogP contribution in [0.4, 0.5) is 0 Å². The fraction of sp³-hybridized carbons (Fsp3) is 0.731. The predicted octanol–water partition coefficient (Wildman–Crippen LogP) is 3.17. The number of esters is 1. The average Bonchev–Trinajstić information content (AvgIpc) is 3.39. The summed E-state index contributed by atoms with van der Waals surface area (Å²) >= 11 is 1.62. The van der Waals surface area contributed by atoms with Gasteiger partial charge in [-0.15, -0.1) is 18.3 Å². The summed E-state index contributed by atoms with van der Waals surface area (Å²) in [6.07, 6.45) is 8.13. The Morgan fingerprint density at radius 1 is 1.29 bits per heavy atom. The Morgan fingerprint density at radius 3 is 2.62 bits per heavy atom. The summed E-state index contributed by atoms with van der Waals surface area (Å²) in [4.78, 5) is 44.8. The Kier molecular flexibility index (Phi) is 8.56. The van der Waals surface area contributed by atoms with Gasteiger partial charge in [0, 0.05) is 17.8 Å². The molecule has 0 saturated carbocycles. The van der Waals surface area contributed by atoms with Gasteiger partial charge >= 0.3 is 5.97 Å². The van der Waals surface area contributed by atoms with Crippen LogP contribution in [0.3, 0.4) is 0 Å². The van der Waals surface area contributed by atoms with Gasteiger partial charge in [-0.25, -0.2) is 0 Å². The summed E-state index contributed by atoms with van der Waals surface area (Å²) in [7, 11) is 0. The first kappa shape index (κ1) is 26.8. The predicted molar refractivity (Wildman–Crippen MR) is 134 cm³/mol. The smallest absolute Gasteiger partial charge is 0.311 e. The summed E-state index contributed by atoms with van der Waals surface area (Å²) in [5, 5.41) is 10.1. The Hall–Kier alpha value is -1.80. The van der Waals surface area contributed by atoms with Gasteiger partial charge in [0.2, 0.25) is 11.8 Å². The molecule has 0 aromatic carbocycles. The van der Waals surface area contributed by atoms with Crippen molar-refractivity contribution in [1.82, 2.24) is 9.80 Å². The normalized spacial score (nSPS) is 32.4. The molecule has 2 amide bonds. The molecule has 3 aliphatic rings. The highest BCUT2D eigenvalue weighted by atomic mass is 32.2. The van der Waals surface area contributed by atoms with Crippen LogP contribution in [-0.2, 0) is 19.1 Å². The van der Waals surface area contributed by atoms with E-state index in [-0.39, 0.29) is 25.0 Å². The van der Waals surface area contributed by atoms with Crippen molar-refractivity contribution in [1.29, 1.82) is 0 Å². The molecule has 0 aliphatic carbocycles. The van der Waals surface area contributed by atoms with E-state index in [0.29, 0.717) is 25.9 Å². The maximum absolute atomic E-state index is 14.2. The van der Waals surface area contributed by atoms with Gasteiger partial charge in [-0.05, 0) is 32.6 Å². The van der Waals surface area contributed by atoms with Gasteiger partial charge in [0.05, 0.1) is 29.2 Å². The molecule has 3 rings (SSSR count). The molecule has 7 nitrogen and oxygen atoms in total. The third kappa shape index (κ3) is 4.32. The largest absolute Gasteiger partial charge is 0.461 e. The van der Waals surface area contributed by atoms with Crippen molar-refractivity contribution in [3.05, 3.63) is 25.3 Å². The number of carbonyl (C=O) groups is 3. The zero-order chi connectivity index (χ0) is 25.1. The summed E-state index contributed by atoms with van der Waals surface area (Å²) in [6, 6.07) is -1.19. The minimum Gasteiger partial charge on any atom is -0.461 e. The van der Waals surface area contributed by atoms with E-state index in [1.54, 1.807) is 27.6 Å². The maximum atomic E-state index is 14.2. The third-order valence-corrected chi connectivity index (χ3v) is 9.80. The molecule has 1 N–H and O–H groups in total. The molecule has 0 radical (unpaired) electrons. The molecule has 3 aliphatic heterocycles. The highest BCUT2D eigenvalue weighted by Crippen LogP contribution is 2.71. The van der Waals surface area contributed by atoms with Gasteiger partial charge in [-0.3, -0.25) is 14.4 Å². The van der Waals surface area contributed by atoms with Crippen molar-refractivity contribution in [2.75, 3.05) is 26.3 Å². The van der Waals surface area contributed by atoms with Crippen LogP contribution in [0, 0.1) is 11.8 Å². The van der Waals surface area contributed by atoms with E-state index >= 15 is 0 Å². The second-order valence-electron chi connectivity index (χ2n) is 9.92. The van der Waals surface area contributed by atoms with E-state index < -0.39 is 39.4 Å². The third-order valence-electron chi connectivity index (χ3n) is 7.81. The first-order valence-electron chi connectivity index (χ1n) is 12.6. The molecule has 3 heterocycles. The number of thioether (sulfide) groups is 1. The van der Waals surface area contributed by atoms with Crippen molar-refractivity contribution in [3.8, 4) is 0 Å². The lowest BCUT2D eigenvalue weighted by atomic mass is 9.66. The zero-order valence-corrected chi connectivity index (χ0v) is 21.6. The molecule has 2 bridgehead atoms. The van der Waals surface area contributed by atoms with Crippen LogP contribution in [-0.4, -0.2) is 80.6 Å².